The minimum atomic E-state index is -0.484. The summed E-state index contributed by atoms with van der Waals surface area (Å²) in [6, 6.07) is 19.8. The molecule has 0 unspecified atom stereocenters. The van der Waals surface area contributed by atoms with E-state index in [1.165, 1.54) is 5.56 Å². The lowest BCUT2D eigenvalue weighted by molar-refractivity contribution is -0.126. The predicted octanol–water partition coefficient (Wildman–Crippen LogP) is 5.03. The molecule has 5 heteroatoms. The van der Waals surface area contributed by atoms with Crippen LogP contribution < -0.4 is 10.6 Å². The first kappa shape index (κ1) is 19.4. The smallest absolute Gasteiger partial charge is 0.228 e. The van der Waals surface area contributed by atoms with Crippen LogP contribution in [0.4, 0.5) is 5.69 Å². The number of fused-ring (bicyclic) bond motifs is 1. The van der Waals surface area contributed by atoms with E-state index in [4.69, 9.17) is 0 Å². The van der Waals surface area contributed by atoms with Gasteiger partial charge in [0.25, 0.3) is 0 Å². The van der Waals surface area contributed by atoms with Crippen molar-refractivity contribution >= 4 is 28.8 Å². The van der Waals surface area contributed by atoms with Gasteiger partial charge >= 0.3 is 0 Å². The van der Waals surface area contributed by atoms with Gasteiger partial charge in [-0.3, -0.25) is 9.59 Å². The Hall–Kier alpha value is -2.92. The SMILES string of the molecule is CCCc1ccc([C@H](NC(=O)[C@H]2CC(=O)Nc3ccccc32)c2cccs2)cc1. The first-order valence-electron chi connectivity index (χ1n) is 9.97. The van der Waals surface area contributed by atoms with E-state index >= 15 is 0 Å². The molecule has 0 saturated carbocycles. The summed E-state index contributed by atoms with van der Waals surface area (Å²) in [7, 11) is 0. The predicted molar refractivity (Wildman–Crippen MR) is 117 cm³/mol. The molecule has 1 aliphatic heterocycles. The van der Waals surface area contributed by atoms with Crippen molar-refractivity contribution in [2.75, 3.05) is 5.32 Å². The Labute approximate surface area is 175 Å². The van der Waals surface area contributed by atoms with E-state index in [2.05, 4.69) is 41.8 Å². The number of benzene rings is 2. The highest BCUT2D eigenvalue weighted by molar-refractivity contribution is 7.10. The normalized spacial score (nSPS) is 16.6. The Balaban J connectivity index is 1.62. The van der Waals surface area contributed by atoms with Gasteiger partial charge in [-0.15, -0.1) is 11.3 Å². The van der Waals surface area contributed by atoms with Crippen molar-refractivity contribution in [2.24, 2.45) is 0 Å². The molecule has 2 aromatic carbocycles. The van der Waals surface area contributed by atoms with Crippen molar-refractivity contribution in [3.63, 3.8) is 0 Å². The molecule has 2 heterocycles. The van der Waals surface area contributed by atoms with Gasteiger partial charge in [0.2, 0.25) is 11.8 Å². The van der Waals surface area contributed by atoms with Crippen LogP contribution in [0.25, 0.3) is 0 Å². The lowest BCUT2D eigenvalue weighted by atomic mass is 9.89. The van der Waals surface area contributed by atoms with Crippen molar-refractivity contribution in [3.05, 3.63) is 87.6 Å². The maximum absolute atomic E-state index is 13.3. The first-order chi connectivity index (χ1) is 14.2. The molecule has 0 fully saturated rings. The minimum absolute atomic E-state index is 0.122. The zero-order valence-corrected chi connectivity index (χ0v) is 17.2. The summed E-state index contributed by atoms with van der Waals surface area (Å²) in [5.74, 6) is -0.731. The van der Waals surface area contributed by atoms with Gasteiger partial charge in [-0.05, 0) is 40.6 Å². The maximum atomic E-state index is 13.3. The van der Waals surface area contributed by atoms with Crippen molar-refractivity contribution in [1.29, 1.82) is 0 Å². The Morgan fingerprint density at radius 1 is 1.14 bits per heavy atom. The molecule has 148 valence electrons. The lowest BCUT2D eigenvalue weighted by Gasteiger charge is -2.27. The minimum Gasteiger partial charge on any atom is -0.344 e. The molecule has 4 nitrogen and oxygen atoms in total. The number of hydrogen-bond acceptors (Lipinski definition) is 3. The van der Waals surface area contributed by atoms with Crippen LogP contribution in [0.3, 0.4) is 0 Å². The van der Waals surface area contributed by atoms with E-state index < -0.39 is 5.92 Å². The number of para-hydroxylation sites is 1. The Bertz CT molecular complexity index is 996. The molecule has 3 aromatic rings. The number of anilines is 1. The molecule has 4 rings (SSSR count). The fourth-order valence-corrected chi connectivity index (χ4v) is 4.63. The fraction of sp³-hybridized carbons (Fsp3) is 0.250. The highest BCUT2D eigenvalue weighted by Crippen LogP contribution is 2.34. The summed E-state index contributed by atoms with van der Waals surface area (Å²) in [4.78, 5) is 26.5. The molecule has 2 atom stereocenters. The number of carbonyl (C=O) groups is 2. The van der Waals surface area contributed by atoms with Crippen LogP contribution in [0.2, 0.25) is 0 Å². The van der Waals surface area contributed by atoms with Gasteiger partial charge in [0.1, 0.15) is 0 Å². The molecule has 0 radical (unpaired) electrons. The molecule has 1 aromatic heterocycles. The van der Waals surface area contributed by atoms with E-state index in [9.17, 15) is 9.59 Å². The number of rotatable bonds is 6. The summed E-state index contributed by atoms with van der Waals surface area (Å²) in [6.07, 6.45) is 2.31. The van der Waals surface area contributed by atoms with Gasteiger partial charge in [-0.25, -0.2) is 0 Å². The van der Waals surface area contributed by atoms with E-state index in [1.807, 2.05) is 41.8 Å². The Morgan fingerprint density at radius 3 is 2.66 bits per heavy atom. The van der Waals surface area contributed by atoms with Gasteiger partial charge in [-0.2, -0.15) is 0 Å². The van der Waals surface area contributed by atoms with Crippen molar-refractivity contribution < 1.29 is 9.59 Å². The van der Waals surface area contributed by atoms with Gasteiger partial charge in [0, 0.05) is 17.0 Å². The van der Waals surface area contributed by atoms with Crippen LogP contribution in [0, 0.1) is 0 Å². The number of carbonyl (C=O) groups excluding carboxylic acids is 2. The van der Waals surface area contributed by atoms with E-state index in [0.717, 1.165) is 34.5 Å². The molecule has 0 saturated heterocycles. The second-order valence-electron chi connectivity index (χ2n) is 7.34. The number of amides is 2. The van der Waals surface area contributed by atoms with Gasteiger partial charge in [0.05, 0.1) is 12.0 Å². The van der Waals surface area contributed by atoms with Gasteiger partial charge in [-0.1, -0.05) is 61.9 Å². The maximum Gasteiger partial charge on any atom is 0.228 e. The van der Waals surface area contributed by atoms with Crippen molar-refractivity contribution in [3.8, 4) is 0 Å². The van der Waals surface area contributed by atoms with E-state index in [0.29, 0.717) is 0 Å². The Kier molecular flexibility index (Phi) is 5.76. The second kappa shape index (κ2) is 8.62. The van der Waals surface area contributed by atoms with Crippen LogP contribution in [0.1, 0.15) is 53.3 Å². The largest absolute Gasteiger partial charge is 0.344 e. The van der Waals surface area contributed by atoms with E-state index in [1.54, 1.807) is 11.3 Å². The first-order valence-corrected chi connectivity index (χ1v) is 10.8. The van der Waals surface area contributed by atoms with E-state index in [-0.39, 0.29) is 24.3 Å². The molecule has 2 amide bonds. The van der Waals surface area contributed by atoms with Crippen LogP contribution in [0.15, 0.2) is 66.0 Å². The lowest BCUT2D eigenvalue weighted by Crippen LogP contribution is -2.37. The van der Waals surface area contributed by atoms with Gasteiger partial charge < -0.3 is 10.6 Å². The highest BCUT2D eigenvalue weighted by Gasteiger charge is 2.32. The Morgan fingerprint density at radius 2 is 1.93 bits per heavy atom. The van der Waals surface area contributed by atoms with Crippen LogP contribution in [0.5, 0.6) is 0 Å². The number of nitrogens with one attached hydrogen (secondary N) is 2. The van der Waals surface area contributed by atoms with Gasteiger partial charge in [0.15, 0.2) is 0 Å². The van der Waals surface area contributed by atoms with Crippen LogP contribution >= 0.6 is 11.3 Å². The summed E-state index contributed by atoms with van der Waals surface area (Å²) in [5, 5.41) is 8.09. The molecule has 0 spiro atoms. The summed E-state index contributed by atoms with van der Waals surface area (Å²) in [5.41, 5.74) is 3.94. The highest BCUT2D eigenvalue weighted by atomic mass is 32.1. The van der Waals surface area contributed by atoms with Crippen molar-refractivity contribution in [2.45, 2.75) is 38.1 Å². The molecule has 1 aliphatic rings. The summed E-state index contributed by atoms with van der Waals surface area (Å²) < 4.78 is 0. The molecular formula is C24H24N2O2S. The van der Waals surface area contributed by atoms with Crippen LogP contribution in [-0.2, 0) is 16.0 Å². The monoisotopic (exact) mass is 404 g/mol. The quantitative estimate of drug-likeness (QED) is 0.605. The summed E-state index contributed by atoms with van der Waals surface area (Å²) in [6.45, 7) is 2.17. The molecule has 29 heavy (non-hydrogen) atoms. The molecule has 0 aliphatic carbocycles. The summed E-state index contributed by atoms with van der Waals surface area (Å²) >= 11 is 1.62. The average molecular weight is 405 g/mol. The average Bonchev–Trinajstić information content (AvgIpc) is 3.27. The third-order valence-electron chi connectivity index (χ3n) is 5.28. The zero-order valence-electron chi connectivity index (χ0n) is 16.4. The third-order valence-corrected chi connectivity index (χ3v) is 6.22. The van der Waals surface area contributed by atoms with Crippen molar-refractivity contribution in [1.82, 2.24) is 5.32 Å². The number of hydrogen-bond donors (Lipinski definition) is 2. The number of aryl methyl sites for hydroxylation is 1. The number of thiophene rings is 1. The van der Waals surface area contributed by atoms with Crippen LogP contribution in [-0.4, -0.2) is 11.8 Å². The third kappa shape index (κ3) is 4.25. The fourth-order valence-electron chi connectivity index (χ4n) is 3.83. The molecule has 0 bridgehead atoms. The second-order valence-corrected chi connectivity index (χ2v) is 8.32. The topological polar surface area (TPSA) is 58.2 Å². The molecular weight excluding hydrogens is 380 g/mol. The molecule has 2 N–H and O–H groups in total. The standard InChI is InChI=1S/C24H24N2O2S/c1-2-6-16-10-12-17(13-11-16)23(21-9-5-14-29-21)26-24(28)19-15-22(27)25-20-8-4-3-7-18(19)20/h3-5,7-14,19,23H,2,6,15H2,1H3,(H,25,27)(H,26,28)/t19-,23-/m0/s1. The zero-order chi connectivity index (χ0) is 20.2.